The maximum Gasteiger partial charge on any atom is 0.410 e. The number of rotatable bonds is 12. The number of carbonyl (C=O) groups is 2. The number of carbonyl (C=O) groups excluding carboxylic acids is 2. The average Bonchev–Trinajstić information content (AvgIpc) is 3.55. The number of hydrogen-bond acceptors (Lipinski definition) is 9. The molecule has 0 aromatic carbocycles. The minimum absolute atomic E-state index is 0.0855. The van der Waals surface area contributed by atoms with Gasteiger partial charge in [0.15, 0.2) is 5.82 Å². The molecule has 11 nitrogen and oxygen atoms in total. The molecule has 1 atom stereocenters. The van der Waals surface area contributed by atoms with Crippen molar-refractivity contribution in [1.29, 1.82) is 0 Å². The van der Waals surface area contributed by atoms with Crippen molar-refractivity contribution >= 4 is 40.6 Å². The maximum absolute atomic E-state index is 13.1. The van der Waals surface area contributed by atoms with Crippen molar-refractivity contribution in [3.05, 3.63) is 60.2 Å². The van der Waals surface area contributed by atoms with Crippen LogP contribution in [0.1, 0.15) is 77.1 Å². The van der Waals surface area contributed by atoms with E-state index in [1.54, 1.807) is 4.90 Å². The van der Waals surface area contributed by atoms with Crippen molar-refractivity contribution in [2.45, 2.75) is 84.0 Å². The lowest BCUT2D eigenvalue weighted by molar-refractivity contribution is -0.190. The minimum atomic E-state index is -4.24. The quantitative estimate of drug-likeness (QED) is 0.1000. The van der Waals surface area contributed by atoms with Gasteiger partial charge in [0.2, 0.25) is 5.88 Å². The Hall–Kier alpha value is -3.72. The van der Waals surface area contributed by atoms with Crippen LogP contribution in [0.25, 0.3) is 5.82 Å². The molecular weight excluding hydrogens is 683 g/mol. The Balaban J connectivity index is 1.23. The summed E-state index contributed by atoms with van der Waals surface area (Å²) in [6, 6.07) is 4.51. The summed E-state index contributed by atoms with van der Waals surface area (Å²) in [4.78, 5) is 36.0. The zero-order valence-electron chi connectivity index (χ0n) is 28.3. The lowest BCUT2D eigenvalue weighted by Crippen LogP contribution is -2.48. The minimum Gasteiger partial charge on any atom is -0.477 e. The van der Waals surface area contributed by atoms with Crippen LogP contribution in [0.3, 0.4) is 0 Å². The van der Waals surface area contributed by atoms with E-state index in [-0.39, 0.29) is 65.8 Å². The molecule has 2 aliphatic rings. The van der Waals surface area contributed by atoms with Crippen LogP contribution in [0.2, 0.25) is 5.15 Å². The van der Waals surface area contributed by atoms with Crippen molar-refractivity contribution in [2.75, 3.05) is 19.7 Å². The van der Waals surface area contributed by atoms with Gasteiger partial charge in [0.25, 0.3) is 5.91 Å². The van der Waals surface area contributed by atoms with E-state index < -0.39 is 23.1 Å². The number of nitrogens with zero attached hydrogens (tertiary/aromatic N) is 5. The molecule has 1 saturated heterocycles. The van der Waals surface area contributed by atoms with Gasteiger partial charge in [-0.2, -0.15) is 13.2 Å². The molecule has 3 heterocycles. The van der Waals surface area contributed by atoms with Crippen LogP contribution in [-0.2, 0) is 4.74 Å². The second-order valence-corrected chi connectivity index (χ2v) is 14.8. The van der Waals surface area contributed by atoms with Gasteiger partial charge in [0.1, 0.15) is 21.6 Å². The summed E-state index contributed by atoms with van der Waals surface area (Å²) in [5.41, 5.74) is -2.48. The van der Waals surface area contributed by atoms with Gasteiger partial charge in [0, 0.05) is 42.8 Å². The molecule has 2 N–H and O–H groups in total. The van der Waals surface area contributed by atoms with Gasteiger partial charge in [-0.3, -0.25) is 9.52 Å². The Kier molecular flexibility index (Phi) is 11.7. The van der Waals surface area contributed by atoms with Gasteiger partial charge in [0.05, 0.1) is 17.6 Å². The van der Waals surface area contributed by atoms with E-state index in [4.69, 9.17) is 21.1 Å². The number of pyridine rings is 1. The van der Waals surface area contributed by atoms with Crippen LogP contribution < -0.4 is 14.8 Å². The molecule has 1 aliphatic heterocycles. The first-order chi connectivity index (χ1) is 22.8. The smallest absolute Gasteiger partial charge is 0.410 e. The molecule has 49 heavy (non-hydrogen) atoms. The van der Waals surface area contributed by atoms with Crippen LogP contribution in [-0.4, -0.2) is 73.7 Å². The van der Waals surface area contributed by atoms with Crippen LogP contribution in [0.15, 0.2) is 54.4 Å². The number of ether oxygens (including phenoxy) is 2. The Labute approximate surface area is 293 Å². The fraction of sp³-hybridized carbons (Fsp3) is 0.545. The number of halogens is 4. The van der Waals surface area contributed by atoms with E-state index in [1.807, 2.05) is 34.6 Å². The Morgan fingerprint density at radius 3 is 2.55 bits per heavy atom. The highest BCUT2D eigenvalue weighted by atomic mass is 35.5. The highest BCUT2D eigenvalue weighted by Gasteiger charge is 2.62. The van der Waals surface area contributed by atoms with Crippen molar-refractivity contribution < 1.29 is 32.2 Å². The van der Waals surface area contributed by atoms with Crippen LogP contribution >= 0.6 is 23.5 Å². The third-order valence-corrected chi connectivity index (χ3v) is 9.71. The highest BCUT2D eigenvalue weighted by Crippen LogP contribution is 2.59. The third kappa shape index (κ3) is 9.71. The summed E-state index contributed by atoms with van der Waals surface area (Å²) in [5, 5.41) is 7.68. The number of amides is 2. The number of aromatic nitrogens is 3. The van der Waals surface area contributed by atoms with Gasteiger partial charge in [-0.05, 0) is 90.8 Å². The zero-order valence-corrected chi connectivity index (χ0v) is 29.9. The molecule has 0 radical (unpaired) electrons. The molecular formula is C33H43ClF3N7O4S. The summed E-state index contributed by atoms with van der Waals surface area (Å²) < 4.78 is 54.5. The largest absolute Gasteiger partial charge is 0.477 e. The number of nitrogens with one attached hydrogen (secondary N) is 2. The average molecular weight is 726 g/mol. The summed E-state index contributed by atoms with van der Waals surface area (Å²) in [7, 11) is 0. The zero-order chi connectivity index (χ0) is 36.2. The van der Waals surface area contributed by atoms with Crippen LogP contribution in [0, 0.1) is 11.3 Å². The molecule has 2 amide bonds. The third-order valence-electron chi connectivity index (χ3n) is 8.66. The Morgan fingerprint density at radius 1 is 1.22 bits per heavy atom. The monoisotopic (exact) mass is 725 g/mol. The van der Waals surface area contributed by atoms with Gasteiger partial charge >= 0.3 is 12.3 Å². The SMILES string of the molecule is C=C/C(=N\C(=C)NCCC1CCN(C(=O)OC(C)(C)C)C1(C)C)SNC(=O)c1ccc(-n2ccc(OCCC3(C(F)(F)F)CC3)n2)nc1Cl. The fourth-order valence-electron chi connectivity index (χ4n) is 5.53. The Bertz CT molecular complexity index is 1580. The lowest BCUT2D eigenvalue weighted by Gasteiger charge is -2.37. The van der Waals surface area contributed by atoms with Crippen molar-refractivity contribution in [3.63, 3.8) is 0 Å². The molecule has 16 heteroatoms. The summed E-state index contributed by atoms with van der Waals surface area (Å²) in [6.07, 6.45) is 0.194. The number of hydrogen-bond donors (Lipinski definition) is 2. The second kappa shape index (κ2) is 15.0. The topological polar surface area (TPSA) is 123 Å². The first-order valence-electron chi connectivity index (χ1n) is 15.9. The van der Waals surface area contributed by atoms with Gasteiger partial charge in [-0.15, -0.1) is 5.10 Å². The molecule has 0 spiro atoms. The molecule has 1 unspecified atom stereocenters. The standard InChI is InChI=1S/C33H43ClF3N7O4S/c1-8-26(39-21(2)38-17-11-22-12-18-43(31(22,6)7)29(46)48-30(3,4)5)49-42-28(45)23-9-10-24(40-27(23)34)44-19-13-25(41-44)47-20-16-32(14-15-32)33(35,36)37/h8-10,13,19,22,38H,1-2,11-12,14-18,20H2,3-7H3,(H,42,45)/b39-26+. The molecule has 2 aromatic heterocycles. The number of aliphatic imine (C=N–C) groups is 1. The van der Waals surface area contributed by atoms with E-state index in [9.17, 15) is 22.8 Å². The molecule has 2 aromatic rings. The van der Waals surface area contributed by atoms with Crippen molar-refractivity contribution in [2.24, 2.45) is 16.3 Å². The highest BCUT2D eigenvalue weighted by molar-refractivity contribution is 8.13. The Morgan fingerprint density at radius 2 is 1.94 bits per heavy atom. The first-order valence-corrected chi connectivity index (χ1v) is 17.1. The van der Waals surface area contributed by atoms with E-state index in [0.717, 1.165) is 24.8 Å². The van der Waals surface area contributed by atoms with Crippen LogP contribution in [0.4, 0.5) is 18.0 Å². The first kappa shape index (κ1) is 38.1. The van der Waals surface area contributed by atoms with Crippen molar-refractivity contribution in [1.82, 2.24) is 29.7 Å². The van der Waals surface area contributed by atoms with E-state index in [1.165, 1.54) is 35.2 Å². The van der Waals surface area contributed by atoms with Crippen LogP contribution in [0.5, 0.6) is 5.88 Å². The molecule has 2 fully saturated rings. The maximum atomic E-state index is 13.1. The van der Waals surface area contributed by atoms with E-state index in [0.29, 0.717) is 24.0 Å². The van der Waals surface area contributed by atoms with Gasteiger partial charge in [-0.1, -0.05) is 24.8 Å². The normalized spacial score (nSPS) is 18.5. The van der Waals surface area contributed by atoms with Gasteiger partial charge in [-0.25, -0.2) is 19.5 Å². The molecule has 268 valence electrons. The predicted molar refractivity (Wildman–Crippen MR) is 184 cm³/mol. The number of likely N-dealkylation sites (tertiary alicyclic amines) is 1. The predicted octanol–water partition coefficient (Wildman–Crippen LogP) is 7.48. The lowest BCUT2D eigenvalue weighted by atomic mass is 9.86. The molecule has 4 rings (SSSR count). The molecule has 1 aliphatic carbocycles. The second-order valence-electron chi connectivity index (χ2n) is 13.6. The number of alkyl halides is 3. The summed E-state index contributed by atoms with van der Waals surface area (Å²) >= 11 is 7.25. The molecule has 0 bridgehead atoms. The van der Waals surface area contributed by atoms with E-state index >= 15 is 0 Å². The van der Waals surface area contributed by atoms with E-state index in [2.05, 4.69) is 38.3 Å². The summed E-state index contributed by atoms with van der Waals surface area (Å²) in [5.74, 6) is 0.538. The van der Waals surface area contributed by atoms with Crippen molar-refractivity contribution in [3.8, 4) is 11.7 Å². The fourth-order valence-corrected chi connectivity index (χ4v) is 6.31. The summed E-state index contributed by atoms with van der Waals surface area (Å²) in [6.45, 7) is 18.5. The van der Waals surface area contributed by atoms with Gasteiger partial charge < -0.3 is 19.7 Å². The molecule has 1 saturated carbocycles.